The number of rotatable bonds is 1. The van der Waals surface area contributed by atoms with Gasteiger partial charge in [-0.3, -0.25) is 10.00 Å². The third kappa shape index (κ3) is 1.85. The molecule has 1 unspecified atom stereocenters. The lowest BCUT2D eigenvalue weighted by Crippen LogP contribution is -2.61. The van der Waals surface area contributed by atoms with E-state index in [1.54, 1.807) is 12.5 Å². The van der Waals surface area contributed by atoms with Crippen LogP contribution in [0.15, 0.2) is 11.2 Å². The largest absolute Gasteiger partial charge is 0.465 e. The van der Waals surface area contributed by atoms with E-state index in [9.17, 15) is 9.90 Å². The Balaban J connectivity index is 1.89. The third-order valence-corrected chi connectivity index (χ3v) is 4.08. The Morgan fingerprint density at radius 3 is 3.16 bits per heavy atom. The first-order valence-electron chi connectivity index (χ1n) is 6.45. The third-order valence-electron chi connectivity index (χ3n) is 4.08. The molecule has 7 heteroatoms. The molecule has 0 aliphatic carbocycles. The Morgan fingerprint density at radius 2 is 2.37 bits per heavy atom. The smallest absolute Gasteiger partial charge is 0.409 e. The number of nitrogens with zero attached hydrogens (tertiary/aromatic N) is 4. The molecule has 3 heterocycles. The molecule has 0 bridgehead atoms. The van der Waals surface area contributed by atoms with Crippen molar-refractivity contribution in [2.75, 3.05) is 6.54 Å². The summed E-state index contributed by atoms with van der Waals surface area (Å²) in [5.74, 6) is 0.762. The molecule has 3 rings (SSSR count). The molecule has 19 heavy (non-hydrogen) atoms. The molecule has 1 fully saturated rings. The number of carbonyl (C=O) groups is 1. The van der Waals surface area contributed by atoms with Crippen molar-refractivity contribution in [3.63, 3.8) is 0 Å². The van der Waals surface area contributed by atoms with Crippen molar-refractivity contribution in [1.82, 2.24) is 20.0 Å². The summed E-state index contributed by atoms with van der Waals surface area (Å²) in [7, 11) is 0. The summed E-state index contributed by atoms with van der Waals surface area (Å²) in [5.41, 5.74) is 0.474. The van der Waals surface area contributed by atoms with Crippen LogP contribution in [0.2, 0.25) is 0 Å². The van der Waals surface area contributed by atoms with Crippen LogP contribution in [-0.2, 0) is 6.54 Å². The van der Waals surface area contributed by atoms with Gasteiger partial charge in [0.1, 0.15) is 5.66 Å². The topological polar surface area (TPSA) is 84.8 Å². The zero-order chi connectivity index (χ0) is 13.5. The van der Waals surface area contributed by atoms with E-state index >= 15 is 0 Å². The molecule has 0 saturated carbocycles. The van der Waals surface area contributed by atoms with Crippen LogP contribution in [0.4, 0.5) is 10.6 Å². The van der Waals surface area contributed by atoms with Gasteiger partial charge in [0.15, 0.2) is 5.82 Å². The van der Waals surface area contributed by atoms with Crippen LogP contribution in [0.3, 0.4) is 0 Å². The summed E-state index contributed by atoms with van der Waals surface area (Å²) in [4.78, 5) is 19.3. The monoisotopic (exact) mass is 263 g/mol. The SMILES string of the molecule is CC1(N2C=Nc3[nH]ncc3C2)CCCCN1C(=O)O. The minimum atomic E-state index is -0.867. The summed E-state index contributed by atoms with van der Waals surface area (Å²) in [6, 6.07) is 0. The van der Waals surface area contributed by atoms with Gasteiger partial charge in [0.2, 0.25) is 0 Å². The summed E-state index contributed by atoms with van der Waals surface area (Å²) in [6.45, 7) is 3.18. The zero-order valence-corrected chi connectivity index (χ0v) is 10.8. The van der Waals surface area contributed by atoms with E-state index in [0.717, 1.165) is 30.6 Å². The van der Waals surface area contributed by atoms with Crippen LogP contribution in [0, 0.1) is 0 Å². The average Bonchev–Trinajstić information content (AvgIpc) is 2.86. The van der Waals surface area contributed by atoms with Gasteiger partial charge in [-0.15, -0.1) is 0 Å². The summed E-state index contributed by atoms with van der Waals surface area (Å²) >= 11 is 0. The van der Waals surface area contributed by atoms with E-state index in [2.05, 4.69) is 15.2 Å². The highest BCUT2D eigenvalue weighted by atomic mass is 16.4. The minimum Gasteiger partial charge on any atom is -0.465 e. The number of piperidine rings is 1. The standard InChI is InChI=1S/C12H17N5O2/c1-12(4-2-3-5-17(12)11(18)19)16-7-9-6-14-15-10(9)13-8-16/h6,8H,2-5,7H2,1H3,(H,14,15)(H,18,19). The highest BCUT2D eigenvalue weighted by Gasteiger charge is 2.42. The van der Waals surface area contributed by atoms with E-state index in [1.165, 1.54) is 4.90 Å². The van der Waals surface area contributed by atoms with Gasteiger partial charge in [0.05, 0.1) is 19.1 Å². The highest BCUT2D eigenvalue weighted by Crippen LogP contribution is 2.34. The Hall–Kier alpha value is -2.05. The number of aromatic nitrogens is 2. The molecule has 1 saturated heterocycles. The molecule has 1 aromatic rings. The summed E-state index contributed by atoms with van der Waals surface area (Å²) in [5, 5.41) is 16.2. The number of fused-ring (bicyclic) bond motifs is 1. The summed E-state index contributed by atoms with van der Waals surface area (Å²) < 4.78 is 0. The van der Waals surface area contributed by atoms with E-state index in [1.807, 2.05) is 11.8 Å². The first-order valence-corrected chi connectivity index (χ1v) is 6.45. The van der Waals surface area contributed by atoms with Gasteiger partial charge in [-0.1, -0.05) is 0 Å². The molecule has 7 nitrogen and oxygen atoms in total. The van der Waals surface area contributed by atoms with Crippen molar-refractivity contribution < 1.29 is 9.90 Å². The Morgan fingerprint density at radius 1 is 1.53 bits per heavy atom. The molecular formula is C12H17N5O2. The molecule has 2 aliphatic heterocycles. The van der Waals surface area contributed by atoms with Gasteiger partial charge in [0.25, 0.3) is 0 Å². The first kappa shape index (κ1) is 12.0. The fourth-order valence-corrected chi connectivity index (χ4v) is 2.88. The maximum Gasteiger partial charge on any atom is 0.409 e. The van der Waals surface area contributed by atoms with Gasteiger partial charge in [-0.2, -0.15) is 5.10 Å². The van der Waals surface area contributed by atoms with Crippen LogP contribution < -0.4 is 0 Å². The van der Waals surface area contributed by atoms with Crippen molar-refractivity contribution in [2.45, 2.75) is 38.4 Å². The molecule has 1 amide bonds. The Kier molecular flexibility index (Phi) is 2.69. The molecule has 1 atom stereocenters. The number of hydrogen-bond acceptors (Lipinski definition) is 4. The number of carboxylic acid groups (broad SMARTS) is 1. The lowest BCUT2D eigenvalue weighted by Gasteiger charge is -2.50. The van der Waals surface area contributed by atoms with Crippen LogP contribution in [0.1, 0.15) is 31.7 Å². The van der Waals surface area contributed by atoms with E-state index in [-0.39, 0.29) is 0 Å². The van der Waals surface area contributed by atoms with Crippen molar-refractivity contribution in [1.29, 1.82) is 0 Å². The first-order chi connectivity index (χ1) is 9.11. The number of aromatic amines is 1. The van der Waals surface area contributed by atoms with Crippen LogP contribution in [-0.4, -0.2) is 49.7 Å². The molecular weight excluding hydrogens is 246 g/mol. The molecule has 2 aliphatic rings. The van der Waals surface area contributed by atoms with Crippen molar-refractivity contribution >= 4 is 18.2 Å². The fourth-order valence-electron chi connectivity index (χ4n) is 2.88. The second kappa shape index (κ2) is 4.25. The van der Waals surface area contributed by atoms with Gasteiger partial charge >= 0.3 is 6.09 Å². The van der Waals surface area contributed by atoms with Crippen molar-refractivity contribution in [3.8, 4) is 0 Å². The van der Waals surface area contributed by atoms with Gasteiger partial charge in [-0.25, -0.2) is 9.79 Å². The second-order valence-electron chi connectivity index (χ2n) is 5.22. The maximum atomic E-state index is 11.4. The van der Waals surface area contributed by atoms with Gasteiger partial charge < -0.3 is 10.0 Å². The number of hydrogen-bond donors (Lipinski definition) is 2. The van der Waals surface area contributed by atoms with E-state index < -0.39 is 11.8 Å². The second-order valence-corrected chi connectivity index (χ2v) is 5.22. The molecule has 0 spiro atoms. The molecule has 102 valence electrons. The van der Waals surface area contributed by atoms with Crippen molar-refractivity contribution in [3.05, 3.63) is 11.8 Å². The average molecular weight is 263 g/mol. The Labute approximate surface area is 110 Å². The predicted octanol–water partition coefficient (Wildman–Crippen LogP) is 1.77. The van der Waals surface area contributed by atoms with E-state index in [4.69, 9.17) is 0 Å². The molecule has 1 aromatic heterocycles. The molecule has 2 N–H and O–H groups in total. The van der Waals surface area contributed by atoms with Crippen LogP contribution >= 0.6 is 0 Å². The lowest BCUT2D eigenvalue weighted by molar-refractivity contribution is -0.0219. The maximum absolute atomic E-state index is 11.4. The lowest BCUT2D eigenvalue weighted by atomic mass is 9.95. The number of H-pyrrole nitrogens is 1. The summed E-state index contributed by atoms with van der Waals surface area (Å²) in [6.07, 6.45) is 5.37. The normalized spacial score (nSPS) is 26.4. The highest BCUT2D eigenvalue weighted by molar-refractivity contribution is 5.69. The fraction of sp³-hybridized carbons (Fsp3) is 0.583. The number of aliphatic imine (C=N–C) groups is 1. The van der Waals surface area contributed by atoms with Gasteiger partial charge in [-0.05, 0) is 26.2 Å². The number of likely N-dealkylation sites (tertiary alicyclic amines) is 1. The minimum absolute atomic E-state index is 0.525. The van der Waals surface area contributed by atoms with Gasteiger partial charge in [0, 0.05) is 12.1 Å². The van der Waals surface area contributed by atoms with Crippen LogP contribution in [0.5, 0.6) is 0 Å². The van der Waals surface area contributed by atoms with E-state index in [0.29, 0.717) is 13.1 Å². The quantitative estimate of drug-likeness (QED) is 0.808. The molecule has 0 radical (unpaired) electrons. The zero-order valence-electron chi connectivity index (χ0n) is 10.8. The van der Waals surface area contributed by atoms with Crippen molar-refractivity contribution in [2.24, 2.45) is 4.99 Å². The number of amides is 1. The molecule has 0 aromatic carbocycles. The number of nitrogens with one attached hydrogen (secondary N) is 1. The Bertz CT molecular complexity index is 526. The van der Waals surface area contributed by atoms with Crippen LogP contribution in [0.25, 0.3) is 0 Å². The predicted molar refractivity (Wildman–Crippen MR) is 69.3 cm³/mol.